The van der Waals surface area contributed by atoms with Crippen molar-refractivity contribution < 1.29 is 4.42 Å². The van der Waals surface area contributed by atoms with Gasteiger partial charge in [0.2, 0.25) is 0 Å². The second-order valence-corrected chi connectivity index (χ2v) is 6.14. The molecule has 0 aliphatic heterocycles. The number of hydrogen-bond donors (Lipinski definition) is 1. The standard InChI is InChI=1S/C16H26ClNO/c1-3-11-18-16(14-9-10-15(17)19-14)13-7-5-12(4-2)6-8-13/h9-10,12-13,16,18H,3-8,11H2,1-2H3. The first-order chi connectivity index (χ1) is 9.24. The lowest BCUT2D eigenvalue weighted by atomic mass is 9.77. The van der Waals surface area contributed by atoms with Gasteiger partial charge in [0.1, 0.15) is 5.76 Å². The van der Waals surface area contributed by atoms with Crippen molar-refractivity contribution in [2.45, 2.75) is 58.4 Å². The Morgan fingerprint density at radius 1 is 1.26 bits per heavy atom. The van der Waals surface area contributed by atoms with E-state index in [-0.39, 0.29) is 0 Å². The number of nitrogens with one attached hydrogen (secondary N) is 1. The van der Waals surface area contributed by atoms with Crippen molar-refractivity contribution in [1.82, 2.24) is 5.32 Å². The van der Waals surface area contributed by atoms with E-state index in [1.165, 1.54) is 32.1 Å². The molecule has 108 valence electrons. The largest absolute Gasteiger partial charge is 0.448 e. The molecule has 1 saturated carbocycles. The molecule has 0 spiro atoms. The highest BCUT2D eigenvalue weighted by Crippen LogP contribution is 2.38. The SMILES string of the molecule is CCCNC(c1ccc(Cl)o1)C1CCC(CC)CC1. The lowest BCUT2D eigenvalue weighted by Gasteiger charge is -2.33. The molecule has 0 bridgehead atoms. The van der Waals surface area contributed by atoms with Gasteiger partial charge in [0.05, 0.1) is 6.04 Å². The van der Waals surface area contributed by atoms with Gasteiger partial charge in [-0.15, -0.1) is 0 Å². The molecule has 1 aromatic heterocycles. The molecule has 1 heterocycles. The minimum atomic E-state index is 0.338. The van der Waals surface area contributed by atoms with Crippen molar-refractivity contribution in [3.63, 3.8) is 0 Å². The number of furan rings is 1. The van der Waals surface area contributed by atoms with Crippen molar-refractivity contribution in [3.8, 4) is 0 Å². The van der Waals surface area contributed by atoms with Crippen molar-refractivity contribution in [2.24, 2.45) is 11.8 Å². The molecule has 0 radical (unpaired) electrons. The molecule has 1 aromatic rings. The molecule has 2 rings (SSSR count). The summed E-state index contributed by atoms with van der Waals surface area (Å²) in [7, 11) is 0. The average Bonchev–Trinajstić information content (AvgIpc) is 2.86. The summed E-state index contributed by atoms with van der Waals surface area (Å²) in [5.74, 6) is 2.64. The van der Waals surface area contributed by atoms with Crippen LogP contribution in [0.1, 0.15) is 64.2 Å². The van der Waals surface area contributed by atoms with E-state index in [1.54, 1.807) is 0 Å². The summed E-state index contributed by atoms with van der Waals surface area (Å²) in [5, 5.41) is 4.15. The monoisotopic (exact) mass is 283 g/mol. The minimum absolute atomic E-state index is 0.338. The molecule has 1 N–H and O–H groups in total. The molecule has 0 saturated heterocycles. The van der Waals surface area contributed by atoms with Gasteiger partial charge in [0.15, 0.2) is 5.22 Å². The van der Waals surface area contributed by atoms with Gasteiger partial charge in [0, 0.05) is 0 Å². The third-order valence-corrected chi connectivity index (χ3v) is 4.66. The maximum absolute atomic E-state index is 5.93. The Morgan fingerprint density at radius 3 is 2.53 bits per heavy atom. The molecule has 2 nitrogen and oxygen atoms in total. The van der Waals surface area contributed by atoms with Crippen LogP contribution in [0.3, 0.4) is 0 Å². The molecular formula is C16H26ClNO. The van der Waals surface area contributed by atoms with Crippen LogP contribution in [0.15, 0.2) is 16.5 Å². The van der Waals surface area contributed by atoms with E-state index < -0.39 is 0 Å². The van der Waals surface area contributed by atoms with Gasteiger partial charge in [-0.1, -0.05) is 33.1 Å². The van der Waals surface area contributed by atoms with Crippen LogP contribution >= 0.6 is 11.6 Å². The Bertz CT molecular complexity index is 369. The van der Waals surface area contributed by atoms with E-state index in [9.17, 15) is 0 Å². The van der Waals surface area contributed by atoms with Crippen LogP contribution in [0.4, 0.5) is 0 Å². The summed E-state index contributed by atoms with van der Waals surface area (Å²) < 4.78 is 5.65. The summed E-state index contributed by atoms with van der Waals surface area (Å²) in [4.78, 5) is 0. The van der Waals surface area contributed by atoms with Gasteiger partial charge in [-0.2, -0.15) is 0 Å². The Hall–Kier alpha value is -0.470. The van der Waals surface area contributed by atoms with Crippen LogP contribution < -0.4 is 5.32 Å². The molecule has 1 unspecified atom stereocenters. The first kappa shape index (κ1) is 14.9. The predicted octanol–water partition coefficient (Wildman–Crippen LogP) is 5.19. The van der Waals surface area contributed by atoms with Gasteiger partial charge < -0.3 is 9.73 Å². The summed E-state index contributed by atoms with van der Waals surface area (Å²) in [5.41, 5.74) is 0. The zero-order chi connectivity index (χ0) is 13.7. The lowest BCUT2D eigenvalue weighted by Crippen LogP contribution is -2.31. The molecule has 1 fully saturated rings. The van der Waals surface area contributed by atoms with Crippen molar-refractivity contribution in [1.29, 1.82) is 0 Å². The highest BCUT2D eigenvalue weighted by Gasteiger charge is 2.29. The van der Waals surface area contributed by atoms with E-state index in [1.807, 2.05) is 12.1 Å². The quantitative estimate of drug-likeness (QED) is 0.777. The topological polar surface area (TPSA) is 25.2 Å². The fourth-order valence-corrected chi connectivity index (χ4v) is 3.38. The molecular weight excluding hydrogens is 258 g/mol. The molecule has 0 amide bonds. The minimum Gasteiger partial charge on any atom is -0.448 e. The lowest BCUT2D eigenvalue weighted by molar-refractivity contribution is 0.202. The Kier molecular flexibility index (Phi) is 5.77. The van der Waals surface area contributed by atoms with Crippen LogP contribution in [0.5, 0.6) is 0 Å². The van der Waals surface area contributed by atoms with Gasteiger partial charge in [0.25, 0.3) is 0 Å². The summed E-state index contributed by atoms with van der Waals surface area (Å²) in [6, 6.07) is 4.22. The van der Waals surface area contributed by atoms with Gasteiger partial charge in [-0.25, -0.2) is 0 Å². The molecule has 0 aromatic carbocycles. The molecule has 19 heavy (non-hydrogen) atoms. The third kappa shape index (κ3) is 4.00. The number of halogens is 1. The van der Waals surface area contributed by atoms with Crippen molar-refractivity contribution in [2.75, 3.05) is 6.54 Å². The maximum atomic E-state index is 5.93. The van der Waals surface area contributed by atoms with E-state index in [4.69, 9.17) is 16.0 Å². The van der Waals surface area contributed by atoms with Crippen LogP contribution in [0.2, 0.25) is 5.22 Å². The van der Waals surface area contributed by atoms with Crippen LogP contribution in [-0.2, 0) is 0 Å². The van der Waals surface area contributed by atoms with Gasteiger partial charge in [-0.3, -0.25) is 0 Å². The zero-order valence-electron chi connectivity index (χ0n) is 12.1. The van der Waals surface area contributed by atoms with E-state index in [0.717, 1.165) is 24.6 Å². The zero-order valence-corrected chi connectivity index (χ0v) is 12.9. The van der Waals surface area contributed by atoms with Gasteiger partial charge in [-0.05, 0) is 61.4 Å². The molecule has 1 atom stereocenters. The smallest absolute Gasteiger partial charge is 0.193 e. The second-order valence-electron chi connectivity index (χ2n) is 5.76. The maximum Gasteiger partial charge on any atom is 0.193 e. The van der Waals surface area contributed by atoms with Crippen LogP contribution in [-0.4, -0.2) is 6.54 Å². The first-order valence-electron chi connectivity index (χ1n) is 7.73. The van der Waals surface area contributed by atoms with Crippen LogP contribution in [0.25, 0.3) is 0 Å². The number of rotatable bonds is 6. The Morgan fingerprint density at radius 2 is 2.00 bits per heavy atom. The predicted molar refractivity (Wildman–Crippen MR) is 80.5 cm³/mol. The highest BCUT2D eigenvalue weighted by atomic mass is 35.5. The number of hydrogen-bond acceptors (Lipinski definition) is 2. The van der Waals surface area contributed by atoms with E-state index >= 15 is 0 Å². The average molecular weight is 284 g/mol. The van der Waals surface area contributed by atoms with Crippen LogP contribution in [0, 0.1) is 11.8 Å². The Balaban J connectivity index is 2.01. The molecule has 3 heteroatoms. The Labute approximate surface area is 121 Å². The van der Waals surface area contributed by atoms with Gasteiger partial charge >= 0.3 is 0 Å². The van der Waals surface area contributed by atoms with Crippen molar-refractivity contribution >= 4 is 11.6 Å². The summed E-state index contributed by atoms with van der Waals surface area (Å²) >= 11 is 5.93. The van der Waals surface area contributed by atoms with E-state index in [0.29, 0.717) is 17.2 Å². The first-order valence-corrected chi connectivity index (χ1v) is 8.11. The van der Waals surface area contributed by atoms with E-state index in [2.05, 4.69) is 19.2 Å². The third-order valence-electron chi connectivity index (χ3n) is 4.45. The van der Waals surface area contributed by atoms with Crippen molar-refractivity contribution in [3.05, 3.63) is 23.1 Å². The summed E-state index contributed by atoms with van der Waals surface area (Å²) in [6.45, 7) is 5.55. The highest BCUT2D eigenvalue weighted by molar-refractivity contribution is 6.28. The fourth-order valence-electron chi connectivity index (χ4n) is 3.22. The fraction of sp³-hybridized carbons (Fsp3) is 0.750. The normalized spacial score (nSPS) is 25.4. The second kappa shape index (κ2) is 7.35. The molecule has 1 aliphatic carbocycles. The summed E-state index contributed by atoms with van der Waals surface area (Å²) in [6.07, 6.45) is 7.80. The molecule has 1 aliphatic rings.